The minimum Gasteiger partial charge on any atom is -0.497 e. The Labute approximate surface area is 181 Å². The summed E-state index contributed by atoms with van der Waals surface area (Å²) in [6.45, 7) is 4.31. The maximum absolute atomic E-state index is 12.5. The zero-order valence-electron chi connectivity index (χ0n) is 17.2. The van der Waals surface area contributed by atoms with Gasteiger partial charge in [0.2, 0.25) is 5.91 Å². The van der Waals surface area contributed by atoms with E-state index < -0.39 is 0 Å². The number of halogens is 1. The Morgan fingerprint density at radius 3 is 2.33 bits per heavy atom. The quantitative estimate of drug-likeness (QED) is 0.727. The second kappa shape index (κ2) is 10.2. The first-order chi connectivity index (χ1) is 14.5. The van der Waals surface area contributed by atoms with Crippen molar-refractivity contribution in [2.24, 2.45) is 0 Å². The monoisotopic (exact) mass is 431 g/mol. The molecule has 1 aliphatic heterocycles. The summed E-state index contributed by atoms with van der Waals surface area (Å²) in [5.41, 5.74) is 1.39. The van der Waals surface area contributed by atoms with Crippen LogP contribution in [0.4, 0.5) is 11.4 Å². The molecule has 0 radical (unpaired) electrons. The first-order valence-corrected chi connectivity index (χ1v) is 10.3. The van der Waals surface area contributed by atoms with E-state index in [9.17, 15) is 9.59 Å². The molecule has 0 aliphatic carbocycles. The highest BCUT2D eigenvalue weighted by atomic mass is 35.5. The minimum atomic E-state index is -0.283. The van der Waals surface area contributed by atoms with Crippen LogP contribution in [0.25, 0.3) is 0 Å². The molecule has 160 valence electrons. The number of carbonyl (C=O) groups excluding carboxylic acids is 2. The maximum Gasteiger partial charge on any atom is 0.262 e. The first kappa shape index (κ1) is 21.8. The van der Waals surface area contributed by atoms with Gasteiger partial charge in [0.15, 0.2) is 6.61 Å². The second-order valence-electron chi connectivity index (χ2n) is 6.87. The normalized spacial score (nSPS) is 13.7. The van der Waals surface area contributed by atoms with Crippen LogP contribution in [0.2, 0.25) is 5.02 Å². The van der Waals surface area contributed by atoms with Crippen LogP contribution in [-0.4, -0.2) is 56.6 Å². The van der Waals surface area contributed by atoms with Crippen LogP contribution in [0, 0.1) is 0 Å². The molecule has 0 bridgehead atoms. The topological polar surface area (TPSA) is 71.1 Å². The number of ether oxygens (including phenoxy) is 2. The van der Waals surface area contributed by atoms with Crippen LogP contribution < -0.4 is 19.7 Å². The number of nitrogens with zero attached hydrogens (tertiary/aromatic N) is 2. The zero-order chi connectivity index (χ0) is 21.5. The number of amides is 2. The first-order valence-electron chi connectivity index (χ1n) is 9.89. The molecule has 1 saturated heterocycles. The van der Waals surface area contributed by atoms with E-state index in [1.165, 1.54) is 0 Å². The molecule has 1 N–H and O–H groups in total. The van der Waals surface area contributed by atoms with Crippen molar-refractivity contribution >= 4 is 34.8 Å². The molecule has 1 aliphatic rings. The lowest BCUT2D eigenvalue weighted by molar-refractivity contribution is -0.131. The van der Waals surface area contributed by atoms with Crippen molar-refractivity contribution in [2.45, 2.75) is 13.3 Å². The molecule has 0 saturated carbocycles. The number of para-hydroxylation sites is 1. The molecule has 2 amide bonds. The average molecular weight is 432 g/mol. The van der Waals surface area contributed by atoms with Crippen molar-refractivity contribution < 1.29 is 19.1 Å². The molecular formula is C22H26ClN3O4. The number of methoxy groups -OCH3 is 1. The van der Waals surface area contributed by atoms with Crippen molar-refractivity contribution in [3.8, 4) is 11.5 Å². The number of carbonyl (C=O) groups is 2. The molecule has 0 aromatic heterocycles. The van der Waals surface area contributed by atoms with Crippen molar-refractivity contribution in [2.75, 3.05) is 50.1 Å². The Morgan fingerprint density at radius 2 is 1.70 bits per heavy atom. The Bertz CT molecular complexity index is 880. The molecular weight excluding hydrogens is 406 g/mol. The second-order valence-corrected chi connectivity index (χ2v) is 7.28. The van der Waals surface area contributed by atoms with Gasteiger partial charge in [0.1, 0.15) is 11.5 Å². The molecule has 2 aromatic rings. The van der Waals surface area contributed by atoms with Gasteiger partial charge < -0.3 is 24.6 Å². The van der Waals surface area contributed by atoms with Gasteiger partial charge in [-0.15, -0.1) is 0 Å². The van der Waals surface area contributed by atoms with Gasteiger partial charge in [0.25, 0.3) is 5.91 Å². The number of piperazine rings is 1. The molecule has 3 rings (SSSR count). The number of hydrogen-bond acceptors (Lipinski definition) is 5. The summed E-state index contributed by atoms with van der Waals surface area (Å²) in [4.78, 5) is 28.3. The van der Waals surface area contributed by atoms with Crippen LogP contribution in [-0.2, 0) is 9.59 Å². The van der Waals surface area contributed by atoms with Gasteiger partial charge in [-0.1, -0.05) is 24.6 Å². The summed E-state index contributed by atoms with van der Waals surface area (Å²) in [7, 11) is 1.59. The van der Waals surface area contributed by atoms with E-state index in [0.717, 1.165) is 11.4 Å². The van der Waals surface area contributed by atoms with E-state index in [4.69, 9.17) is 21.1 Å². The average Bonchev–Trinajstić information content (AvgIpc) is 2.78. The molecule has 1 heterocycles. The number of nitrogens with one attached hydrogen (secondary N) is 1. The number of hydrogen-bond donors (Lipinski definition) is 1. The number of benzene rings is 2. The van der Waals surface area contributed by atoms with Crippen molar-refractivity contribution in [1.29, 1.82) is 0 Å². The van der Waals surface area contributed by atoms with E-state index >= 15 is 0 Å². The molecule has 7 nitrogen and oxygen atoms in total. The molecule has 0 spiro atoms. The van der Waals surface area contributed by atoms with Crippen LogP contribution >= 0.6 is 11.6 Å². The predicted molar refractivity (Wildman–Crippen MR) is 118 cm³/mol. The highest BCUT2D eigenvalue weighted by molar-refractivity contribution is 6.34. The third kappa shape index (κ3) is 5.36. The molecule has 30 heavy (non-hydrogen) atoms. The van der Waals surface area contributed by atoms with E-state index in [-0.39, 0.29) is 18.4 Å². The van der Waals surface area contributed by atoms with E-state index in [1.807, 2.05) is 17.9 Å². The van der Waals surface area contributed by atoms with Gasteiger partial charge in [0, 0.05) is 32.6 Å². The predicted octanol–water partition coefficient (Wildman–Crippen LogP) is 3.42. The van der Waals surface area contributed by atoms with E-state index in [2.05, 4.69) is 10.2 Å². The summed E-state index contributed by atoms with van der Waals surface area (Å²) < 4.78 is 10.7. The highest BCUT2D eigenvalue weighted by Gasteiger charge is 2.24. The molecule has 1 fully saturated rings. The van der Waals surface area contributed by atoms with Crippen LogP contribution in [0.3, 0.4) is 0 Å². The van der Waals surface area contributed by atoms with Crippen LogP contribution in [0.1, 0.15) is 13.3 Å². The van der Waals surface area contributed by atoms with E-state index in [1.54, 1.807) is 43.5 Å². The number of anilines is 2. The fourth-order valence-electron chi connectivity index (χ4n) is 3.35. The lowest BCUT2D eigenvalue weighted by Crippen LogP contribution is -2.48. The Kier molecular flexibility index (Phi) is 7.41. The summed E-state index contributed by atoms with van der Waals surface area (Å²) >= 11 is 6.46. The molecule has 0 unspecified atom stereocenters. The highest BCUT2D eigenvalue weighted by Crippen LogP contribution is 2.34. The fourth-order valence-corrected chi connectivity index (χ4v) is 3.64. The van der Waals surface area contributed by atoms with Gasteiger partial charge in [-0.25, -0.2) is 0 Å². The van der Waals surface area contributed by atoms with Gasteiger partial charge in [0.05, 0.1) is 23.5 Å². The Balaban J connectivity index is 1.63. The van der Waals surface area contributed by atoms with E-state index in [0.29, 0.717) is 49.1 Å². The lowest BCUT2D eigenvalue weighted by atomic mass is 10.2. The molecule has 8 heteroatoms. The minimum absolute atomic E-state index is 0.128. The number of rotatable bonds is 7. The van der Waals surface area contributed by atoms with Gasteiger partial charge in [-0.3, -0.25) is 9.59 Å². The summed E-state index contributed by atoms with van der Waals surface area (Å²) in [6, 6.07) is 12.4. The fraction of sp³-hybridized carbons (Fsp3) is 0.364. The molecule has 2 aromatic carbocycles. The Morgan fingerprint density at radius 1 is 1.03 bits per heavy atom. The standard InChI is InChI=1S/C22H26ClN3O4/c1-3-21(28)25-11-13-26(14-12-25)22-18(23)5-4-6-19(22)24-20(27)15-30-17-9-7-16(29-2)8-10-17/h4-10H,3,11-15H2,1-2H3,(H,24,27). The van der Waals surface area contributed by atoms with Crippen LogP contribution in [0.15, 0.2) is 42.5 Å². The van der Waals surface area contributed by atoms with Crippen molar-refractivity contribution in [1.82, 2.24) is 4.90 Å². The van der Waals surface area contributed by atoms with Crippen molar-refractivity contribution in [3.63, 3.8) is 0 Å². The smallest absolute Gasteiger partial charge is 0.262 e. The van der Waals surface area contributed by atoms with Crippen LogP contribution in [0.5, 0.6) is 11.5 Å². The van der Waals surface area contributed by atoms with Gasteiger partial charge >= 0.3 is 0 Å². The zero-order valence-corrected chi connectivity index (χ0v) is 17.9. The van der Waals surface area contributed by atoms with Gasteiger partial charge in [-0.2, -0.15) is 0 Å². The Hall–Kier alpha value is -2.93. The summed E-state index contributed by atoms with van der Waals surface area (Å²) in [5, 5.41) is 3.45. The third-order valence-electron chi connectivity index (χ3n) is 4.94. The summed E-state index contributed by atoms with van der Waals surface area (Å²) in [6.07, 6.45) is 0.502. The lowest BCUT2D eigenvalue weighted by Gasteiger charge is -2.37. The summed E-state index contributed by atoms with van der Waals surface area (Å²) in [5.74, 6) is 1.16. The SMILES string of the molecule is CCC(=O)N1CCN(c2c(Cl)cccc2NC(=O)COc2ccc(OC)cc2)CC1. The largest absolute Gasteiger partial charge is 0.497 e. The molecule has 0 atom stereocenters. The maximum atomic E-state index is 12.5. The third-order valence-corrected chi connectivity index (χ3v) is 5.25. The van der Waals surface area contributed by atoms with Gasteiger partial charge in [-0.05, 0) is 36.4 Å². The van der Waals surface area contributed by atoms with Crippen molar-refractivity contribution in [3.05, 3.63) is 47.5 Å².